The lowest BCUT2D eigenvalue weighted by Gasteiger charge is -2.24. The SMILES string of the molecule is CN(C)CCOc1cccc2c1CCN2C(=O)[C@H](CCC1CC1)NC(=O)O. The summed E-state index contributed by atoms with van der Waals surface area (Å²) < 4.78 is 5.91. The topological polar surface area (TPSA) is 82.1 Å². The Kier molecular flexibility index (Phi) is 6.21. The van der Waals surface area contributed by atoms with E-state index in [0.717, 1.165) is 36.4 Å². The third-order valence-electron chi connectivity index (χ3n) is 5.20. The maximum absolute atomic E-state index is 13.0. The van der Waals surface area contributed by atoms with E-state index in [2.05, 4.69) is 10.2 Å². The van der Waals surface area contributed by atoms with Crippen molar-refractivity contribution in [2.45, 2.75) is 38.1 Å². The number of likely N-dealkylation sites (N-methyl/N-ethyl adjacent to an activating group) is 1. The molecule has 1 saturated carbocycles. The number of amides is 2. The van der Waals surface area contributed by atoms with Gasteiger partial charge >= 0.3 is 6.09 Å². The van der Waals surface area contributed by atoms with Gasteiger partial charge in [0, 0.05) is 18.7 Å². The molecule has 27 heavy (non-hydrogen) atoms. The van der Waals surface area contributed by atoms with Gasteiger partial charge in [-0.2, -0.15) is 0 Å². The highest BCUT2D eigenvalue weighted by molar-refractivity contribution is 6.00. The second-order valence-corrected chi connectivity index (χ2v) is 7.67. The van der Waals surface area contributed by atoms with Crippen LogP contribution in [0.25, 0.3) is 0 Å². The van der Waals surface area contributed by atoms with E-state index in [0.29, 0.717) is 25.5 Å². The molecule has 1 atom stereocenters. The zero-order chi connectivity index (χ0) is 19.4. The first kappa shape index (κ1) is 19.5. The molecule has 1 heterocycles. The van der Waals surface area contributed by atoms with Gasteiger partial charge in [-0.15, -0.1) is 0 Å². The Morgan fingerprint density at radius 1 is 1.37 bits per heavy atom. The molecule has 2 N–H and O–H groups in total. The number of hydrogen-bond donors (Lipinski definition) is 2. The molecule has 2 amide bonds. The van der Waals surface area contributed by atoms with Crippen molar-refractivity contribution in [3.63, 3.8) is 0 Å². The van der Waals surface area contributed by atoms with Gasteiger partial charge < -0.3 is 25.0 Å². The van der Waals surface area contributed by atoms with Crippen LogP contribution >= 0.6 is 0 Å². The van der Waals surface area contributed by atoms with Gasteiger partial charge in [-0.3, -0.25) is 4.79 Å². The van der Waals surface area contributed by atoms with Crippen molar-refractivity contribution >= 4 is 17.7 Å². The number of carbonyl (C=O) groups is 2. The molecule has 0 saturated heterocycles. The summed E-state index contributed by atoms with van der Waals surface area (Å²) >= 11 is 0. The lowest BCUT2D eigenvalue weighted by atomic mass is 10.1. The highest BCUT2D eigenvalue weighted by atomic mass is 16.5. The summed E-state index contributed by atoms with van der Waals surface area (Å²) in [6.07, 6.45) is 3.40. The average molecular weight is 375 g/mol. The van der Waals surface area contributed by atoms with Gasteiger partial charge in [0.15, 0.2) is 0 Å². The molecular weight excluding hydrogens is 346 g/mol. The van der Waals surface area contributed by atoms with Crippen LogP contribution in [-0.4, -0.2) is 61.8 Å². The molecule has 1 fully saturated rings. The molecule has 7 heteroatoms. The number of rotatable bonds is 9. The molecule has 1 aliphatic carbocycles. The molecule has 1 aromatic rings. The molecular formula is C20H29N3O4. The Balaban J connectivity index is 1.70. The minimum atomic E-state index is -1.15. The molecule has 1 aliphatic heterocycles. The summed E-state index contributed by atoms with van der Waals surface area (Å²) in [5.41, 5.74) is 1.87. The standard InChI is InChI=1S/C20H29N3O4/c1-22(2)12-13-27-18-5-3-4-17-15(18)10-11-23(17)19(24)16(21-20(25)26)9-8-14-6-7-14/h3-5,14,16,21H,6-13H2,1-2H3,(H,25,26)/t16-/m0/s1. The Morgan fingerprint density at radius 3 is 2.81 bits per heavy atom. The smallest absolute Gasteiger partial charge is 0.405 e. The van der Waals surface area contributed by atoms with Crippen molar-refractivity contribution in [3.05, 3.63) is 23.8 Å². The maximum Gasteiger partial charge on any atom is 0.405 e. The van der Waals surface area contributed by atoms with Crippen molar-refractivity contribution in [1.82, 2.24) is 10.2 Å². The van der Waals surface area contributed by atoms with E-state index in [-0.39, 0.29) is 5.91 Å². The molecule has 3 rings (SSSR count). The van der Waals surface area contributed by atoms with Crippen LogP contribution in [0.2, 0.25) is 0 Å². The summed E-state index contributed by atoms with van der Waals surface area (Å²) in [5, 5.41) is 11.6. The Hall–Kier alpha value is -2.28. The number of anilines is 1. The normalized spacial score (nSPS) is 16.9. The van der Waals surface area contributed by atoms with Gasteiger partial charge in [0.05, 0.1) is 5.69 Å². The number of nitrogens with zero attached hydrogens (tertiary/aromatic N) is 2. The van der Waals surface area contributed by atoms with Crippen LogP contribution in [0.4, 0.5) is 10.5 Å². The van der Waals surface area contributed by atoms with Crippen LogP contribution in [0.1, 0.15) is 31.2 Å². The van der Waals surface area contributed by atoms with Crippen molar-refractivity contribution in [2.75, 3.05) is 38.7 Å². The van der Waals surface area contributed by atoms with E-state index in [1.54, 1.807) is 4.90 Å². The number of carbonyl (C=O) groups excluding carboxylic acids is 1. The minimum absolute atomic E-state index is 0.165. The number of nitrogens with one attached hydrogen (secondary N) is 1. The Labute approximate surface area is 160 Å². The summed E-state index contributed by atoms with van der Waals surface area (Å²) in [5.74, 6) is 1.30. The minimum Gasteiger partial charge on any atom is -0.492 e. The van der Waals surface area contributed by atoms with Gasteiger partial charge in [0.2, 0.25) is 5.91 Å². The average Bonchev–Trinajstić information content (AvgIpc) is 3.34. The van der Waals surface area contributed by atoms with Crippen LogP contribution in [-0.2, 0) is 11.2 Å². The van der Waals surface area contributed by atoms with Gasteiger partial charge in [0.25, 0.3) is 0 Å². The van der Waals surface area contributed by atoms with E-state index < -0.39 is 12.1 Å². The van der Waals surface area contributed by atoms with Crippen LogP contribution in [0.5, 0.6) is 5.75 Å². The number of fused-ring (bicyclic) bond motifs is 1. The predicted molar refractivity (Wildman–Crippen MR) is 103 cm³/mol. The summed E-state index contributed by atoms with van der Waals surface area (Å²) in [4.78, 5) is 28.0. The van der Waals surface area contributed by atoms with Crippen LogP contribution in [0.15, 0.2) is 18.2 Å². The van der Waals surface area contributed by atoms with E-state index in [1.165, 1.54) is 12.8 Å². The lowest BCUT2D eigenvalue weighted by Crippen LogP contribution is -2.48. The van der Waals surface area contributed by atoms with Crippen LogP contribution < -0.4 is 15.0 Å². The zero-order valence-corrected chi connectivity index (χ0v) is 16.1. The first-order valence-electron chi connectivity index (χ1n) is 9.66. The molecule has 0 bridgehead atoms. The largest absolute Gasteiger partial charge is 0.492 e. The van der Waals surface area contributed by atoms with E-state index in [9.17, 15) is 9.59 Å². The highest BCUT2D eigenvalue weighted by Gasteiger charge is 2.33. The zero-order valence-electron chi connectivity index (χ0n) is 16.1. The number of benzene rings is 1. The van der Waals surface area contributed by atoms with Crippen molar-refractivity contribution in [3.8, 4) is 5.75 Å². The third-order valence-corrected chi connectivity index (χ3v) is 5.20. The summed E-state index contributed by atoms with van der Waals surface area (Å²) in [6, 6.07) is 5.05. The predicted octanol–water partition coefficient (Wildman–Crippen LogP) is 2.34. The third kappa shape index (κ3) is 5.13. The van der Waals surface area contributed by atoms with E-state index in [1.807, 2.05) is 32.3 Å². The summed E-state index contributed by atoms with van der Waals surface area (Å²) in [7, 11) is 3.99. The first-order valence-corrected chi connectivity index (χ1v) is 9.66. The van der Waals surface area contributed by atoms with Gasteiger partial charge in [-0.1, -0.05) is 18.9 Å². The lowest BCUT2D eigenvalue weighted by molar-refractivity contribution is -0.120. The number of hydrogen-bond acceptors (Lipinski definition) is 4. The quantitative estimate of drug-likeness (QED) is 0.692. The van der Waals surface area contributed by atoms with Crippen molar-refractivity contribution < 1.29 is 19.4 Å². The van der Waals surface area contributed by atoms with E-state index >= 15 is 0 Å². The fourth-order valence-electron chi connectivity index (χ4n) is 3.51. The van der Waals surface area contributed by atoms with Crippen molar-refractivity contribution in [2.24, 2.45) is 5.92 Å². The van der Waals surface area contributed by atoms with Crippen LogP contribution in [0.3, 0.4) is 0 Å². The molecule has 7 nitrogen and oxygen atoms in total. The Bertz CT molecular complexity index is 688. The molecule has 148 valence electrons. The fourth-order valence-corrected chi connectivity index (χ4v) is 3.51. The second-order valence-electron chi connectivity index (χ2n) is 7.67. The van der Waals surface area contributed by atoms with Gasteiger partial charge in [-0.25, -0.2) is 4.79 Å². The number of ether oxygens (including phenoxy) is 1. The van der Waals surface area contributed by atoms with Gasteiger partial charge in [0.1, 0.15) is 18.4 Å². The first-order chi connectivity index (χ1) is 13.0. The summed E-state index contributed by atoms with van der Waals surface area (Å²) in [6.45, 7) is 1.96. The van der Waals surface area contributed by atoms with Crippen molar-refractivity contribution in [1.29, 1.82) is 0 Å². The maximum atomic E-state index is 13.0. The molecule has 0 aromatic heterocycles. The number of carboxylic acid groups (broad SMARTS) is 1. The van der Waals surface area contributed by atoms with Crippen LogP contribution in [0, 0.1) is 5.92 Å². The fraction of sp³-hybridized carbons (Fsp3) is 0.600. The molecule has 2 aliphatic rings. The monoisotopic (exact) mass is 375 g/mol. The van der Waals surface area contributed by atoms with Gasteiger partial charge in [-0.05, 0) is 51.4 Å². The molecule has 1 aromatic carbocycles. The molecule has 0 radical (unpaired) electrons. The van der Waals surface area contributed by atoms with E-state index in [4.69, 9.17) is 9.84 Å². The second kappa shape index (κ2) is 8.61. The molecule has 0 unspecified atom stereocenters. The highest BCUT2D eigenvalue weighted by Crippen LogP contribution is 2.37. The Morgan fingerprint density at radius 2 is 2.15 bits per heavy atom. The molecule has 0 spiro atoms.